The first-order valence-corrected chi connectivity index (χ1v) is 6.97. The van der Waals surface area contributed by atoms with Crippen molar-refractivity contribution in [2.45, 2.75) is 11.1 Å². The standard InChI is InChI=1S/C12H7ClF5N3OS/c1-20-11(13)9(10(19-20)12(16,17)18)21(5-22)23-8-3-2-6(14)4-7(8)15/h2-5H,1H3. The smallest absolute Gasteiger partial charge is 0.277 e. The molecule has 0 saturated heterocycles. The Morgan fingerprint density at radius 2 is 2.00 bits per heavy atom. The topological polar surface area (TPSA) is 38.1 Å². The van der Waals surface area contributed by atoms with Crippen molar-refractivity contribution in [2.75, 3.05) is 4.31 Å². The van der Waals surface area contributed by atoms with Crippen molar-refractivity contribution < 1.29 is 26.7 Å². The molecule has 0 N–H and O–H groups in total. The fourth-order valence-corrected chi connectivity index (χ4v) is 2.72. The van der Waals surface area contributed by atoms with Crippen LogP contribution < -0.4 is 4.31 Å². The lowest BCUT2D eigenvalue weighted by atomic mass is 10.3. The summed E-state index contributed by atoms with van der Waals surface area (Å²) < 4.78 is 66.7. The zero-order valence-corrected chi connectivity index (χ0v) is 12.8. The molecule has 0 aliphatic rings. The molecule has 2 rings (SSSR count). The molecule has 1 aromatic carbocycles. The molecule has 0 aliphatic carbocycles. The Morgan fingerprint density at radius 1 is 1.35 bits per heavy atom. The predicted molar refractivity (Wildman–Crippen MR) is 74.0 cm³/mol. The first-order valence-electron chi connectivity index (χ1n) is 5.82. The van der Waals surface area contributed by atoms with E-state index < -0.39 is 34.3 Å². The molecule has 0 aliphatic heterocycles. The van der Waals surface area contributed by atoms with E-state index >= 15 is 0 Å². The zero-order valence-electron chi connectivity index (χ0n) is 11.2. The molecule has 1 aromatic heterocycles. The average Bonchev–Trinajstić information content (AvgIpc) is 2.75. The number of benzene rings is 1. The van der Waals surface area contributed by atoms with Crippen molar-refractivity contribution in [3.63, 3.8) is 0 Å². The Bertz CT molecular complexity index is 749. The van der Waals surface area contributed by atoms with Gasteiger partial charge in [-0.1, -0.05) is 11.6 Å². The van der Waals surface area contributed by atoms with Crippen molar-refractivity contribution in [1.29, 1.82) is 0 Å². The summed E-state index contributed by atoms with van der Waals surface area (Å²) in [6.07, 6.45) is -4.84. The van der Waals surface area contributed by atoms with Gasteiger partial charge in [0.2, 0.25) is 6.41 Å². The molecule has 0 atom stereocenters. The molecular weight excluding hydrogens is 365 g/mol. The van der Waals surface area contributed by atoms with Gasteiger partial charge >= 0.3 is 6.18 Å². The summed E-state index contributed by atoms with van der Waals surface area (Å²) in [5, 5.41) is 2.76. The maximum Gasteiger partial charge on any atom is 0.437 e. The van der Waals surface area contributed by atoms with Crippen molar-refractivity contribution in [3.05, 3.63) is 40.7 Å². The molecule has 23 heavy (non-hydrogen) atoms. The van der Waals surface area contributed by atoms with Gasteiger partial charge in [-0.2, -0.15) is 18.3 Å². The first kappa shape index (κ1) is 17.5. The van der Waals surface area contributed by atoms with Crippen LogP contribution >= 0.6 is 23.5 Å². The van der Waals surface area contributed by atoms with Gasteiger partial charge < -0.3 is 0 Å². The Labute approximate surface area is 136 Å². The van der Waals surface area contributed by atoms with Gasteiger partial charge in [-0.05, 0) is 24.1 Å². The van der Waals surface area contributed by atoms with Gasteiger partial charge in [0.15, 0.2) is 10.8 Å². The number of amides is 1. The second-order valence-corrected chi connectivity index (χ2v) is 5.58. The summed E-state index contributed by atoms with van der Waals surface area (Å²) >= 11 is 6.08. The quantitative estimate of drug-likeness (QED) is 0.462. The van der Waals surface area contributed by atoms with Gasteiger partial charge in [0.05, 0.1) is 4.90 Å². The summed E-state index contributed by atoms with van der Waals surface area (Å²) in [5.74, 6) is -1.89. The third-order valence-electron chi connectivity index (χ3n) is 2.63. The molecule has 0 bridgehead atoms. The summed E-state index contributed by atoms with van der Waals surface area (Å²) in [7, 11) is 1.16. The Hall–Kier alpha value is -1.81. The van der Waals surface area contributed by atoms with Crippen LogP contribution in [0.1, 0.15) is 5.69 Å². The molecule has 4 nitrogen and oxygen atoms in total. The van der Waals surface area contributed by atoms with Crippen LogP contribution in [0.5, 0.6) is 0 Å². The molecule has 0 unspecified atom stereocenters. The minimum absolute atomic E-state index is 0.0333. The van der Waals surface area contributed by atoms with Crippen molar-refractivity contribution >= 4 is 35.6 Å². The van der Waals surface area contributed by atoms with Crippen molar-refractivity contribution in [1.82, 2.24) is 9.78 Å². The number of hydrogen-bond acceptors (Lipinski definition) is 3. The van der Waals surface area contributed by atoms with E-state index in [4.69, 9.17) is 11.6 Å². The molecule has 0 spiro atoms. The molecule has 1 amide bonds. The fourth-order valence-electron chi connectivity index (χ4n) is 1.65. The Balaban J connectivity index is 2.48. The minimum atomic E-state index is -4.87. The monoisotopic (exact) mass is 371 g/mol. The minimum Gasteiger partial charge on any atom is -0.277 e. The number of nitrogens with zero attached hydrogens (tertiary/aromatic N) is 3. The SMILES string of the molecule is Cn1nc(C(F)(F)F)c(N(C=O)Sc2ccc(F)cc2F)c1Cl. The molecular formula is C12H7ClF5N3OS. The van der Waals surface area contributed by atoms with E-state index in [-0.39, 0.29) is 11.3 Å². The Kier molecular flexibility index (Phi) is 4.85. The van der Waals surface area contributed by atoms with E-state index in [1.54, 1.807) is 0 Å². The molecule has 0 saturated carbocycles. The lowest BCUT2D eigenvalue weighted by Gasteiger charge is -2.17. The van der Waals surface area contributed by atoms with E-state index in [1.807, 2.05) is 0 Å². The number of hydrogen-bond donors (Lipinski definition) is 0. The summed E-state index contributed by atoms with van der Waals surface area (Å²) in [6.45, 7) is 0. The number of anilines is 1. The van der Waals surface area contributed by atoms with Crippen LogP contribution in [-0.2, 0) is 18.0 Å². The highest BCUT2D eigenvalue weighted by Gasteiger charge is 2.41. The van der Waals surface area contributed by atoms with E-state index in [2.05, 4.69) is 5.10 Å². The fraction of sp³-hybridized carbons (Fsp3) is 0.167. The van der Waals surface area contributed by atoms with Gasteiger partial charge in [0, 0.05) is 13.1 Å². The molecule has 124 valence electrons. The molecule has 2 aromatic rings. The average molecular weight is 372 g/mol. The number of carbonyl (C=O) groups excluding carboxylic acids is 1. The second-order valence-electron chi connectivity index (χ2n) is 4.21. The van der Waals surface area contributed by atoms with Crippen LogP contribution in [0, 0.1) is 11.6 Å². The summed E-state index contributed by atoms with van der Waals surface area (Å²) in [4.78, 5) is 10.9. The van der Waals surface area contributed by atoms with Gasteiger partial charge in [0.1, 0.15) is 17.3 Å². The van der Waals surface area contributed by atoms with Crippen LogP contribution in [0.25, 0.3) is 0 Å². The number of halogens is 6. The van der Waals surface area contributed by atoms with Crippen LogP contribution in [0.2, 0.25) is 5.15 Å². The van der Waals surface area contributed by atoms with Crippen molar-refractivity contribution in [2.24, 2.45) is 7.05 Å². The molecule has 0 radical (unpaired) electrons. The van der Waals surface area contributed by atoms with Gasteiger partial charge in [-0.25, -0.2) is 13.1 Å². The number of alkyl halides is 3. The number of aryl methyl sites for hydroxylation is 1. The predicted octanol–water partition coefficient (Wildman–Crippen LogP) is 4.04. The second kappa shape index (κ2) is 6.36. The normalized spacial score (nSPS) is 11.6. The van der Waals surface area contributed by atoms with E-state index in [0.29, 0.717) is 22.3 Å². The van der Waals surface area contributed by atoms with Gasteiger partial charge in [-0.3, -0.25) is 9.48 Å². The maximum atomic E-state index is 13.6. The van der Waals surface area contributed by atoms with Crippen LogP contribution in [0.4, 0.5) is 27.6 Å². The van der Waals surface area contributed by atoms with E-state index in [1.165, 1.54) is 0 Å². The first-order chi connectivity index (χ1) is 10.6. The summed E-state index contributed by atoms with van der Waals surface area (Å²) in [6, 6.07) is 2.44. The van der Waals surface area contributed by atoms with Crippen LogP contribution in [0.3, 0.4) is 0 Å². The van der Waals surface area contributed by atoms with Gasteiger partial charge in [0.25, 0.3) is 0 Å². The third-order valence-corrected chi connectivity index (χ3v) is 4.05. The number of rotatable bonds is 4. The number of aromatic nitrogens is 2. The van der Waals surface area contributed by atoms with E-state index in [9.17, 15) is 26.7 Å². The molecule has 0 fully saturated rings. The maximum absolute atomic E-state index is 13.6. The van der Waals surface area contributed by atoms with Crippen LogP contribution in [-0.4, -0.2) is 16.2 Å². The summed E-state index contributed by atoms with van der Waals surface area (Å²) in [5.41, 5.74) is -2.13. The highest BCUT2D eigenvalue weighted by Crippen LogP contribution is 2.43. The highest BCUT2D eigenvalue weighted by atomic mass is 35.5. The lowest BCUT2D eigenvalue weighted by molar-refractivity contribution is -0.140. The van der Waals surface area contributed by atoms with Crippen molar-refractivity contribution in [3.8, 4) is 0 Å². The zero-order chi connectivity index (χ0) is 17.4. The van der Waals surface area contributed by atoms with Gasteiger partial charge in [-0.15, -0.1) is 0 Å². The lowest BCUT2D eigenvalue weighted by Crippen LogP contribution is -2.17. The van der Waals surface area contributed by atoms with E-state index in [0.717, 1.165) is 23.9 Å². The third kappa shape index (κ3) is 3.58. The molecule has 11 heteroatoms. The largest absolute Gasteiger partial charge is 0.437 e. The Morgan fingerprint density at radius 3 is 2.52 bits per heavy atom. The molecule has 1 heterocycles. The number of carbonyl (C=O) groups is 1. The highest BCUT2D eigenvalue weighted by molar-refractivity contribution is 8.01. The van der Waals surface area contributed by atoms with Crippen LogP contribution in [0.15, 0.2) is 23.1 Å².